The molecule has 108 valence electrons. The van der Waals surface area contributed by atoms with Gasteiger partial charge in [0, 0.05) is 0 Å². The molecular weight excluding hydrogens is 395 g/mol. The summed E-state index contributed by atoms with van der Waals surface area (Å²) in [5.41, 5.74) is 3.77. The topological polar surface area (TPSA) is 198 Å². The van der Waals surface area contributed by atoms with E-state index in [1.54, 1.807) is 0 Å². The molecule has 0 aromatic heterocycles. The van der Waals surface area contributed by atoms with E-state index in [0.29, 0.717) is 0 Å². The van der Waals surface area contributed by atoms with Gasteiger partial charge in [-0.15, -0.1) is 0 Å². The Bertz CT molecular complexity index is 794. The normalized spacial score (nSPS) is 11.6. The molecule has 16 heteroatoms. The van der Waals surface area contributed by atoms with Crippen molar-refractivity contribution < 1.29 is 128 Å². The molecule has 0 atom stereocenters. The van der Waals surface area contributed by atoms with Crippen LogP contribution in [-0.4, -0.2) is 38.9 Å². The fraction of sp³-hybridized carbons (Fsp3) is 0. The predicted octanol–water partition coefficient (Wildman–Crippen LogP) is -11.0. The second-order valence-corrected chi connectivity index (χ2v) is 7.27. The number of hydrogen-bond acceptors (Lipinski definition) is 10. The zero-order chi connectivity index (χ0) is 15.2. The maximum atomic E-state index is 10.8. The minimum atomic E-state index is -5.38. The summed E-state index contributed by atoms with van der Waals surface area (Å²) in [6.45, 7) is 0. The Labute approximate surface area is 193 Å². The van der Waals surface area contributed by atoms with Crippen LogP contribution in [0.4, 0.5) is 5.69 Å². The molecule has 10 nitrogen and oxygen atoms in total. The van der Waals surface area contributed by atoms with Crippen molar-refractivity contribution >= 4 is 36.0 Å². The molecule has 0 heterocycles. The second kappa shape index (κ2) is 9.45. The largest absolute Gasteiger partial charge is 1.00 e. The van der Waals surface area contributed by atoms with E-state index in [4.69, 9.17) is 5.73 Å². The Morgan fingerprint density at radius 3 is 1.14 bits per heavy atom. The van der Waals surface area contributed by atoms with Crippen LogP contribution in [0.2, 0.25) is 0 Å². The first-order chi connectivity index (χ1) is 8.24. The molecule has 0 saturated carbocycles. The third-order valence-electron chi connectivity index (χ3n) is 1.90. The third-order valence-corrected chi connectivity index (χ3v) is 4.47. The average Bonchev–Trinajstić information content (AvgIpc) is 2.11. The fourth-order valence-electron chi connectivity index (χ4n) is 1.14. The van der Waals surface area contributed by atoms with Crippen molar-refractivity contribution in [3.63, 3.8) is 0 Å². The van der Waals surface area contributed by atoms with Crippen molar-refractivity contribution in [1.29, 1.82) is 0 Å². The van der Waals surface area contributed by atoms with Gasteiger partial charge in [-0.1, -0.05) is 0 Å². The van der Waals surface area contributed by atoms with Gasteiger partial charge in [0.1, 0.15) is 30.4 Å². The smallest absolute Gasteiger partial charge is 0.744 e. The van der Waals surface area contributed by atoms with Crippen molar-refractivity contribution in [2.24, 2.45) is 0 Å². The fourth-order valence-corrected chi connectivity index (χ4v) is 3.17. The standard InChI is InChI=1S/C6H7NO9S3.3Na/c7-6-4(18(11,12)13)1-3(17(8,9)10)2-5(6)19(14,15)16;;;/h1-2H,7H2,(H,8,9,10)(H,11,12,13)(H,14,15,16);;;/q;3*+1/p-3. The number of nitrogens with two attached hydrogens (primary N) is 1. The van der Waals surface area contributed by atoms with Gasteiger partial charge in [0.05, 0.1) is 20.4 Å². The van der Waals surface area contributed by atoms with Gasteiger partial charge in [-0.2, -0.15) is 0 Å². The van der Waals surface area contributed by atoms with Crippen LogP contribution < -0.4 is 94.4 Å². The van der Waals surface area contributed by atoms with E-state index in [1.165, 1.54) is 0 Å². The van der Waals surface area contributed by atoms with Crippen molar-refractivity contribution in [1.82, 2.24) is 0 Å². The van der Waals surface area contributed by atoms with E-state index in [0.717, 1.165) is 0 Å². The summed E-state index contributed by atoms with van der Waals surface area (Å²) >= 11 is 0. The van der Waals surface area contributed by atoms with Crippen LogP contribution in [0.25, 0.3) is 0 Å². The van der Waals surface area contributed by atoms with E-state index in [-0.39, 0.29) is 101 Å². The van der Waals surface area contributed by atoms with Crippen LogP contribution in [0.15, 0.2) is 26.8 Å². The monoisotopic (exact) mass is 399 g/mol. The van der Waals surface area contributed by atoms with Gasteiger partial charge in [-0.05, 0) is 12.1 Å². The maximum absolute atomic E-state index is 10.8. The molecule has 0 aliphatic carbocycles. The molecule has 0 radical (unpaired) electrons. The van der Waals surface area contributed by atoms with Crippen LogP contribution >= 0.6 is 0 Å². The first-order valence-electron chi connectivity index (χ1n) is 4.06. The summed E-state index contributed by atoms with van der Waals surface area (Å²) in [7, 11) is -16.1. The van der Waals surface area contributed by atoms with Gasteiger partial charge in [0.25, 0.3) is 0 Å². The minimum Gasteiger partial charge on any atom is -0.744 e. The Hall–Kier alpha value is 1.75. The molecule has 0 aliphatic rings. The summed E-state index contributed by atoms with van der Waals surface area (Å²) in [6, 6.07) is 0.184. The number of benzene rings is 1. The van der Waals surface area contributed by atoms with Crippen LogP contribution in [0.5, 0.6) is 0 Å². The van der Waals surface area contributed by atoms with Crippen LogP contribution in [0, 0.1) is 0 Å². The van der Waals surface area contributed by atoms with Gasteiger partial charge < -0.3 is 19.4 Å². The number of hydrogen-bond donors (Lipinski definition) is 1. The van der Waals surface area contributed by atoms with Crippen molar-refractivity contribution in [3.05, 3.63) is 12.1 Å². The third kappa shape index (κ3) is 7.33. The molecule has 0 unspecified atom stereocenters. The first-order valence-corrected chi connectivity index (χ1v) is 8.28. The molecule has 0 fully saturated rings. The number of anilines is 1. The summed E-state index contributed by atoms with van der Waals surface area (Å²) in [5, 5.41) is 0. The molecule has 1 aromatic carbocycles. The van der Waals surface area contributed by atoms with Gasteiger partial charge in [-0.3, -0.25) is 0 Å². The molecule has 1 aromatic rings. The van der Waals surface area contributed by atoms with E-state index in [1.807, 2.05) is 0 Å². The second-order valence-electron chi connectivity index (χ2n) is 3.20. The van der Waals surface area contributed by atoms with Gasteiger partial charge in [0.2, 0.25) is 0 Å². The van der Waals surface area contributed by atoms with E-state index in [9.17, 15) is 38.9 Å². The molecule has 2 N–H and O–H groups in total. The molecule has 0 bridgehead atoms. The van der Waals surface area contributed by atoms with Crippen molar-refractivity contribution in [2.75, 3.05) is 5.73 Å². The summed E-state index contributed by atoms with van der Waals surface area (Å²) in [5.74, 6) is 0. The average molecular weight is 399 g/mol. The molecule has 0 aliphatic heterocycles. The molecule has 0 spiro atoms. The summed E-state index contributed by atoms with van der Waals surface area (Å²) in [4.78, 5) is -4.32. The molecule has 0 saturated heterocycles. The van der Waals surface area contributed by atoms with Crippen LogP contribution in [0.3, 0.4) is 0 Å². The Balaban J connectivity index is -0.00000120. The van der Waals surface area contributed by atoms with Crippen molar-refractivity contribution in [2.45, 2.75) is 14.7 Å². The minimum absolute atomic E-state index is 0. The first kappa shape index (κ1) is 28.5. The Morgan fingerprint density at radius 1 is 0.682 bits per heavy atom. The molecular formula is C6H4NNa3O9S3. The van der Waals surface area contributed by atoms with Gasteiger partial charge >= 0.3 is 88.7 Å². The van der Waals surface area contributed by atoms with E-state index >= 15 is 0 Å². The molecule has 1 rings (SSSR count). The molecule has 0 amide bonds. The zero-order valence-corrected chi connectivity index (χ0v) is 20.1. The van der Waals surface area contributed by atoms with E-state index in [2.05, 4.69) is 0 Å². The molecule has 22 heavy (non-hydrogen) atoms. The van der Waals surface area contributed by atoms with Gasteiger partial charge in [-0.25, -0.2) is 25.3 Å². The Kier molecular flexibility index (Phi) is 12.3. The number of nitrogen functional groups attached to an aromatic ring is 1. The Morgan fingerprint density at radius 2 is 0.955 bits per heavy atom. The van der Waals surface area contributed by atoms with Crippen LogP contribution in [-0.2, 0) is 30.4 Å². The van der Waals surface area contributed by atoms with E-state index < -0.39 is 50.7 Å². The van der Waals surface area contributed by atoms with Crippen molar-refractivity contribution in [3.8, 4) is 0 Å². The number of rotatable bonds is 3. The maximum Gasteiger partial charge on any atom is 1.00 e. The quantitative estimate of drug-likeness (QED) is 0.289. The SMILES string of the molecule is Nc1c(S(=O)(=O)[O-])cc(S(=O)(=O)[O-])cc1S(=O)(=O)[O-].[Na+].[Na+].[Na+]. The summed E-state index contributed by atoms with van der Waals surface area (Å²) < 4.78 is 96.8. The predicted molar refractivity (Wildman–Crippen MR) is 54.7 cm³/mol. The van der Waals surface area contributed by atoms with Crippen LogP contribution in [0.1, 0.15) is 0 Å². The summed E-state index contributed by atoms with van der Waals surface area (Å²) in [6.07, 6.45) is 0. The van der Waals surface area contributed by atoms with Gasteiger partial charge in [0.15, 0.2) is 0 Å². The zero-order valence-electron chi connectivity index (χ0n) is 11.6.